The molecule has 1 aromatic carbocycles. The molecule has 3 rings (SSSR count). The molecule has 0 atom stereocenters. The fraction of sp³-hybridized carbons (Fsp3) is 0.462. The summed E-state index contributed by atoms with van der Waals surface area (Å²) in [6.45, 7) is 2.30. The SMILES string of the molecule is Cn1ncc2cc(C3CCNCC3)ccc21. The van der Waals surface area contributed by atoms with Crippen LogP contribution in [-0.2, 0) is 7.05 Å². The van der Waals surface area contributed by atoms with Crippen LogP contribution < -0.4 is 5.32 Å². The summed E-state index contributed by atoms with van der Waals surface area (Å²) in [6.07, 6.45) is 4.47. The first-order valence-corrected chi connectivity index (χ1v) is 5.97. The van der Waals surface area contributed by atoms with Gasteiger partial charge in [0.25, 0.3) is 0 Å². The topological polar surface area (TPSA) is 29.9 Å². The molecule has 1 N–H and O–H groups in total. The van der Waals surface area contributed by atoms with Crippen LogP contribution in [-0.4, -0.2) is 22.9 Å². The van der Waals surface area contributed by atoms with Gasteiger partial charge in [-0.25, -0.2) is 0 Å². The van der Waals surface area contributed by atoms with Gasteiger partial charge < -0.3 is 5.32 Å². The number of rotatable bonds is 1. The minimum atomic E-state index is 0.728. The lowest BCUT2D eigenvalue weighted by Gasteiger charge is -2.22. The molecular weight excluding hydrogens is 198 g/mol. The van der Waals surface area contributed by atoms with E-state index in [1.807, 2.05) is 17.9 Å². The van der Waals surface area contributed by atoms with Gasteiger partial charge >= 0.3 is 0 Å². The monoisotopic (exact) mass is 215 g/mol. The van der Waals surface area contributed by atoms with Crippen molar-refractivity contribution in [1.29, 1.82) is 0 Å². The van der Waals surface area contributed by atoms with Gasteiger partial charge in [0.2, 0.25) is 0 Å². The maximum atomic E-state index is 4.29. The Morgan fingerprint density at radius 3 is 2.94 bits per heavy atom. The molecule has 0 saturated carbocycles. The number of benzene rings is 1. The Morgan fingerprint density at radius 2 is 2.12 bits per heavy atom. The van der Waals surface area contributed by atoms with Crippen LogP contribution in [0.15, 0.2) is 24.4 Å². The number of nitrogens with one attached hydrogen (secondary N) is 1. The van der Waals surface area contributed by atoms with Crippen LogP contribution in [0.2, 0.25) is 0 Å². The highest BCUT2D eigenvalue weighted by Gasteiger charge is 2.15. The molecule has 0 bridgehead atoms. The Morgan fingerprint density at radius 1 is 1.31 bits per heavy atom. The third kappa shape index (κ3) is 1.61. The third-order valence-electron chi connectivity index (χ3n) is 3.58. The van der Waals surface area contributed by atoms with Gasteiger partial charge in [-0.15, -0.1) is 0 Å². The molecule has 3 heteroatoms. The van der Waals surface area contributed by atoms with Crippen molar-refractivity contribution >= 4 is 10.9 Å². The van der Waals surface area contributed by atoms with Gasteiger partial charge in [0, 0.05) is 12.4 Å². The molecule has 2 aromatic rings. The van der Waals surface area contributed by atoms with Gasteiger partial charge in [-0.05, 0) is 49.5 Å². The van der Waals surface area contributed by atoms with Crippen molar-refractivity contribution < 1.29 is 0 Å². The summed E-state index contributed by atoms with van der Waals surface area (Å²) in [5.41, 5.74) is 2.69. The Kier molecular flexibility index (Phi) is 2.40. The molecule has 3 nitrogen and oxygen atoms in total. The quantitative estimate of drug-likeness (QED) is 0.789. The number of fused-ring (bicyclic) bond motifs is 1. The minimum absolute atomic E-state index is 0.728. The van der Waals surface area contributed by atoms with Gasteiger partial charge in [0.1, 0.15) is 0 Å². The van der Waals surface area contributed by atoms with E-state index in [9.17, 15) is 0 Å². The van der Waals surface area contributed by atoms with Crippen molar-refractivity contribution in [3.8, 4) is 0 Å². The highest BCUT2D eigenvalue weighted by Crippen LogP contribution is 2.27. The summed E-state index contributed by atoms with van der Waals surface area (Å²) in [7, 11) is 1.99. The molecule has 1 saturated heterocycles. The molecular formula is C13H17N3. The van der Waals surface area contributed by atoms with E-state index in [0.717, 1.165) is 19.0 Å². The van der Waals surface area contributed by atoms with E-state index in [1.54, 1.807) is 0 Å². The van der Waals surface area contributed by atoms with Gasteiger partial charge in [-0.2, -0.15) is 5.10 Å². The number of hydrogen-bond acceptors (Lipinski definition) is 2. The first-order chi connectivity index (χ1) is 7.84. The van der Waals surface area contributed by atoms with Crippen molar-refractivity contribution in [3.05, 3.63) is 30.0 Å². The summed E-state index contributed by atoms with van der Waals surface area (Å²) in [4.78, 5) is 0. The van der Waals surface area contributed by atoms with Gasteiger partial charge in [-0.1, -0.05) is 6.07 Å². The number of nitrogens with zero attached hydrogens (tertiary/aromatic N) is 2. The fourth-order valence-electron chi connectivity index (χ4n) is 2.59. The zero-order valence-corrected chi connectivity index (χ0v) is 9.61. The van der Waals surface area contributed by atoms with Crippen molar-refractivity contribution in [2.45, 2.75) is 18.8 Å². The van der Waals surface area contributed by atoms with Crippen molar-refractivity contribution in [1.82, 2.24) is 15.1 Å². The predicted octanol–water partition coefficient (Wildman–Crippen LogP) is 2.04. The highest BCUT2D eigenvalue weighted by atomic mass is 15.2. The van der Waals surface area contributed by atoms with E-state index < -0.39 is 0 Å². The van der Waals surface area contributed by atoms with Crippen LogP contribution >= 0.6 is 0 Å². The fourth-order valence-corrected chi connectivity index (χ4v) is 2.59. The second kappa shape index (κ2) is 3.91. The summed E-state index contributed by atoms with van der Waals surface area (Å²) in [6, 6.07) is 6.76. The molecule has 0 spiro atoms. The molecule has 0 aliphatic carbocycles. The van der Waals surface area contributed by atoms with E-state index in [2.05, 4.69) is 28.6 Å². The number of aromatic nitrogens is 2. The smallest absolute Gasteiger partial charge is 0.0679 e. The zero-order chi connectivity index (χ0) is 11.0. The maximum absolute atomic E-state index is 4.29. The number of hydrogen-bond donors (Lipinski definition) is 1. The molecule has 1 aromatic heterocycles. The van der Waals surface area contributed by atoms with Gasteiger partial charge in [0.05, 0.1) is 11.7 Å². The lowest BCUT2D eigenvalue weighted by molar-refractivity contribution is 0.460. The van der Waals surface area contributed by atoms with E-state index in [0.29, 0.717) is 0 Å². The van der Waals surface area contributed by atoms with E-state index in [4.69, 9.17) is 0 Å². The summed E-state index contributed by atoms with van der Waals surface area (Å²) in [5.74, 6) is 0.728. The van der Waals surface area contributed by atoms with Gasteiger partial charge in [0.15, 0.2) is 0 Å². The van der Waals surface area contributed by atoms with Crippen LogP contribution in [0.4, 0.5) is 0 Å². The zero-order valence-electron chi connectivity index (χ0n) is 9.61. The second-order valence-corrected chi connectivity index (χ2v) is 4.61. The second-order valence-electron chi connectivity index (χ2n) is 4.61. The van der Waals surface area contributed by atoms with Gasteiger partial charge in [-0.3, -0.25) is 4.68 Å². The lowest BCUT2D eigenvalue weighted by atomic mass is 9.90. The predicted molar refractivity (Wildman–Crippen MR) is 65.6 cm³/mol. The molecule has 1 aliphatic heterocycles. The highest BCUT2D eigenvalue weighted by molar-refractivity contribution is 5.79. The Hall–Kier alpha value is -1.35. The first kappa shape index (κ1) is 9.85. The molecule has 2 heterocycles. The van der Waals surface area contributed by atoms with E-state index in [-0.39, 0.29) is 0 Å². The molecule has 1 aliphatic rings. The van der Waals surface area contributed by atoms with Crippen LogP contribution in [0.3, 0.4) is 0 Å². The number of aryl methyl sites for hydroxylation is 1. The minimum Gasteiger partial charge on any atom is -0.317 e. The number of piperidine rings is 1. The molecule has 0 radical (unpaired) electrons. The Balaban J connectivity index is 1.97. The normalized spacial score (nSPS) is 18.1. The van der Waals surface area contributed by atoms with E-state index >= 15 is 0 Å². The van der Waals surface area contributed by atoms with Crippen LogP contribution in [0.5, 0.6) is 0 Å². The van der Waals surface area contributed by atoms with Crippen molar-refractivity contribution in [3.63, 3.8) is 0 Å². The van der Waals surface area contributed by atoms with Crippen LogP contribution in [0.25, 0.3) is 10.9 Å². The van der Waals surface area contributed by atoms with Crippen molar-refractivity contribution in [2.75, 3.05) is 13.1 Å². The third-order valence-corrected chi connectivity index (χ3v) is 3.58. The molecule has 0 amide bonds. The average Bonchev–Trinajstić information content (AvgIpc) is 2.72. The van der Waals surface area contributed by atoms with E-state index in [1.165, 1.54) is 29.3 Å². The Bertz CT molecular complexity index is 495. The molecule has 1 fully saturated rings. The molecule has 16 heavy (non-hydrogen) atoms. The molecule has 84 valence electrons. The first-order valence-electron chi connectivity index (χ1n) is 5.97. The Labute approximate surface area is 95.5 Å². The molecule has 0 unspecified atom stereocenters. The largest absolute Gasteiger partial charge is 0.317 e. The summed E-state index contributed by atoms with van der Waals surface area (Å²) < 4.78 is 1.93. The summed E-state index contributed by atoms with van der Waals surface area (Å²) in [5, 5.41) is 8.96. The maximum Gasteiger partial charge on any atom is 0.0679 e. The van der Waals surface area contributed by atoms with Crippen LogP contribution in [0.1, 0.15) is 24.3 Å². The standard InChI is InChI=1S/C13H17N3/c1-16-13-3-2-11(8-12(13)9-15-16)10-4-6-14-7-5-10/h2-3,8-10,14H,4-7H2,1H3. The summed E-state index contributed by atoms with van der Waals surface area (Å²) >= 11 is 0. The average molecular weight is 215 g/mol. The lowest BCUT2D eigenvalue weighted by Crippen LogP contribution is -2.26. The van der Waals surface area contributed by atoms with Crippen molar-refractivity contribution in [2.24, 2.45) is 7.05 Å². The van der Waals surface area contributed by atoms with Crippen LogP contribution in [0, 0.1) is 0 Å².